The van der Waals surface area contributed by atoms with Gasteiger partial charge in [-0.1, -0.05) is 23.3 Å². The molecule has 1 aliphatic rings. The molecule has 0 unspecified atom stereocenters. The molecule has 154 valence electrons. The summed E-state index contributed by atoms with van der Waals surface area (Å²) in [6.45, 7) is 0.439. The summed E-state index contributed by atoms with van der Waals surface area (Å²) < 4.78 is 16.0. The van der Waals surface area contributed by atoms with Gasteiger partial charge in [-0.3, -0.25) is 14.9 Å². The van der Waals surface area contributed by atoms with Crippen molar-refractivity contribution >= 4 is 23.5 Å². The number of carbonyl (C=O) groups is 2. The van der Waals surface area contributed by atoms with Gasteiger partial charge in [-0.25, -0.2) is 0 Å². The second-order valence-corrected chi connectivity index (χ2v) is 6.71. The number of rotatable bonds is 6. The van der Waals surface area contributed by atoms with E-state index in [1.165, 1.54) is 14.2 Å². The molecule has 1 N–H and O–H groups in total. The molecule has 30 heavy (non-hydrogen) atoms. The molecule has 2 aromatic carbocycles. The third-order valence-electron chi connectivity index (χ3n) is 4.85. The summed E-state index contributed by atoms with van der Waals surface area (Å²) >= 11 is 0. The highest BCUT2D eigenvalue weighted by molar-refractivity contribution is 6.03. The van der Waals surface area contributed by atoms with Gasteiger partial charge in [-0.2, -0.15) is 0 Å². The van der Waals surface area contributed by atoms with E-state index in [4.69, 9.17) is 13.9 Å². The Balaban J connectivity index is 1.45. The quantitative estimate of drug-likeness (QED) is 0.668. The van der Waals surface area contributed by atoms with E-state index in [0.717, 1.165) is 5.69 Å². The van der Waals surface area contributed by atoms with Gasteiger partial charge < -0.3 is 18.8 Å². The fourth-order valence-corrected chi connectivity index (χ4v) is 3.33. The van der Waals surface area contributed by atoms with Crippen LogP contribution in [0.4, 0.5) is 11.7 Å². The van der Waals surface area contributed by atoms with Gasteiger partial charge in [0.25, 0.3) is 5.91 Å². The lowest BCUT2D eigenvalue weighted by Crippen LogP contribution is -2.24. The van der Waals surface area contributed by atoms with Gasteiger partial charge in [0.15, 0.2) is 11.5 Å². The van der Waals surface area contributed by atoms with Crippen molar-refractivity contribution in [1.82, 2.24) is 10.2 Å². The third-order valence-corrected chi connectivity index (χ3v) is 4.85. The first-order valence-corrected chi connectivity index (χ1v) is 9.31. The Morgan fingerprint density at radius 1 is 1.10 bits per heavy atom. The van der Waals surface area contributed by atoms with Crippen LogP contribution >= 0.6 is 0 Å². The maximum Gasteiger partial charge on any atom is 0.322 e. The Morgan fingerprint density at radius 2 is 1.87 bits per heavy atom. The first-order chi connectivity index (χ1) is 14.6. The van der Waals surface area contributed by atoms with Crippen LogP contribution in [0.5, 0.6) is 11.5 Å². The van der Waals surface area contributed by atoms with Crippen LogP contribution in [0.3, 0.4) is 0 Å². The molecule has 0 spiro atoms. The van der Waals surface area contributed by atoms with Crippen LogP contribution in [0.15, 0.2) is 52.9 Å². The minimum absolute atomic E-state index is 0.0136. The number of hydrogen-bond acceptors (Lipinski definition) is 7. The molecule has 1 saturated heterocycles. The lowest BCUT2D eigenvalue weighted by atomic mass is 10.1. The van der Waals surface area contributed by atoms with Crippen molar-refractivity contribution in [3.63, 3.8) is 0 Å². The van der Waals surface area contributed by atoms with Gasteiger partial charge in [0.05, 0.1) is 20.1 Å². The molecule has 2 heterocycles. The van der Waals surface area contributed by atoms with Crippen LogP contribution in [0.1, 0.15) is 28.6 Å². The van der Waals surface area contributed by atoms with Crippen LogP contribution in [-0.4, -0.2) is 42.8 Å². The Morgan fingerprint density at radius 3 is 2.60 bits per heavy atom. The lowest BCUT2D eigenvalue weighted by Gasteiger charge is -2.15. The first kappa shape index (κ1) is 19.4. The third kappa shape index (κ3) is 3.82. The molecule has 1 aromatic heterocycles. The SMILES string of the molecule is COc1ccc(C(=O)Nc2nnc([C@@H]3CC(=O)N(c4ccccc4)C3)o2)cc1OC. The molecule has 3 aromatic rings. The van der Waals surface area contributed by atoms with Crippen molar-refractivity contribution in [2.24, 2.45) is 0 Å². The summed E-state index contributed by atoms with van der Waals surface area (Å²) in [5, 5.41) is 10.5. The van der Waals surface area contributed by atoms with Gasteiger partial charge >= 0.3 is 6.01 Å². The fourth-order valence-electron chi connectivity index (χ4n) is 3.33. The number of para-hydroxylation sites is 1. The van der Waals surface area contributed by atoms with Gasteiger partial charge in [0.2, 0.25) is 11.8 Å². The summed E-state index contributed by atoms with van der Waals surface area (Å²) in [4.78, 5) is 26.6. The van der Waals surface area contributed by atoms with E-state index in [2.05, 4.69) is 15.5 Å². The van der Waals surface area contributed by atoms with Crippen LogP contribution in [-0.2, 0) is 4.79 Å². The minimum atomic E-state index is -0.431. The molecule has 0 bridgehead atoms. The van der Waals surface area contributed by atoms with E-state index < -0.39 is 5.91 Å². The number of ether oxygens (including phenoxy) is 2. The zero-order valence-corrected chi connectivity index (χ0v) is 16.5. The average molecular weight is 408 g/mol. The molecule has 9 nitrogen and oxygen atoms in total. The van der Waals surface area contributed by atoms with E-state index in [1.54, 1.807) is 23.1 Å². The summed E-state index contributed by atoms with van der Waals surface area (Å²) in [7, 11) is 3.01. The molecular weight excluding hydrogens is 388 g/mol. The number of methoxy groups -OCH3 is 2. The van der Waals surface area contributed by atoms with Crippen LogP contribution in [0.25, 0.3) is 0 Å². The number of nitrogens with zero attached hydrogens (tertiary/aromatic N) is 3. The molecule has 0 saturated carbocycles. The first-order valence-electron chi connectivity index (χ1n) is 9.31. The maximum atomic E-state index is 12.5. The number of anilines is 2. The largest absolute Gasteiger partial charge is 0.493 e. The number of aromatic nitrogens is 2. The van der Waals surface area contributed by atoms with Crippen molar-refractivity contribution in [3.05, 3.63) is 60.0 Å². The molecule has 9 heteroatoms. The Bertz CT molecular complexity index is 1070. The van der Waals surface area contributed by atoms with Crippen molar-refractivity contribution in [3.8, 4) is 11.5 Å². The molecule has 0 aliphatic carbocycles. The van der Waals surface area contributed by atoms with E-state index >= 15 is 0 Å². The normalized spacial score (nSPS) is 15.9. The van der Waals surface area contributed by atoms with Crippen molar-refractivity contribution < 1.29 is 23.5 Å². The average Bonchev–Trinajstić information content (AvgIpc) is 3.40. The van der Waals surface area contributed by atoms with Gasteiger partial charge in [-0.05, 0) is 30.3 Å². The molecular formula is C21H20N4O5. The van der Waals surface area contributed by atoms with E-state index in [9.17, 15) is 9.59 Å². The minimum Gasteiger partial charge on any atom is -0.493 e. The van der Waals surface area contributed by atoms with Crippen molar-refractivity contribution in [1.29, 1.82) is 0 Å². The standard InChI is InChI=1S/C21H20N4O5/c1-28-16-9-8-13(10-17(16)29-2)19(27)22-21-24-23-20(30-21)14-11-18(26)25(12-14)15-6-4-3-5-7-15/h3-10,14H,11-12H2,1-2H3,(H,22,24,27)/t14-/m1/s1. The second kappa shape index (κ2) is 8.24. The topological polar surface area (TPSA) is 107 Å². The number of nitrogens with one attached hydrogen (secondary N) is 1. The van der Waals surface area contributed by atoms with E-state index in [0.29, 0.717) is 29.5 Å². The highest BCUT2D eigenvalue weighted by Crippen LogP contribution is 2.32. The number of benzene rings is 2. The summed E-state index contributed by atoms with van der Waals surface area (Å²) in [5.74, 6) is 0.575. The predicted molar refractivity (Wildman–Crippen MR) is 108 cm³/mol. The summed E-state index contributed by atoms with van der Waals surface area (Å²) in [5.41, 5.74) is 1.17. The Labute approximate surface area is 172 Å². The zero-order chi connectivity index (χ0) is 21.1. The van der Waals surface area contributed by atoms with E-state index in [1.807, 2.05) is 30.3 Å². The zero-order valence-electron chi connectivity index (χ0n) is 16.5. The fraction of sp³-hybridized carbons (Fsp3) is 0.238. The summed E-state index contributed by atoms with van der Waals surface area (Å²) in [6, 6.07) is 14.2. The molecule has 2 amide bonds. The smallest absolute Gasteiger partial charge is 0.322 e. The highest BCUT2D eigenvalue weighted by atomic mass is 16.5. The van der Waals surface area contributed by atoms with Crippen molar-refractivity contribution in [2.45, 2.75) is 12.3 Å². The van der Waals surface area contributed by atoms with Crippen LogP contribution in [0, 0.1) is 0 Å². The monoisotopic (exact) mass is 408 g/mol. The Hall–Kier alpha value is -3.88. The van der Waals surface area contributed by atoms with Crippen LogP contribution < -0.4 is 19.7 Å². The summed E-state index contributed by atoms with van der Waals surface area (Å²) in [6.07, 6.45) is 0.264. The second-order valence-electron chi connectivity index (χ2n) is 6.71. The van der Waals surface area contributed by atoms with Gasteiger partial charge in [0, 0.05) is 24.2 Å². The lowest BCUT2D eigenvalue weighted by molar-refractivity contribution is -0.117. The molecule has 1 fully saturated rings. The maximum absolute atomic E-state index is 12.5. The molecule has 4 rings (SSSR count). The number of carbonyl (C=O) groups excluding carboxylic acids is 2. The Kier molecular flexibility index (Phi) is 5.34. The van der Waals surface area contributed by atoms with Gasteiger partial charge in [0.1, 0.15) is 0 Å². The highest BCUT2D eigenvalue weighted by Gasteiger charge is 2.35. The predicted octanol–water partition coefficient (Wildman–Crippen LogP) is 2.86. The molecule has 1 aliphatic heterocycles. The van der Waals surface area contributed by atoms with Crippen LogP contribution in [0.2, 0.25) is 0 Å². The van der Waals surface area contributed by atoms with E-state index in [-0.39, 0.29) is 24.3 Å². The number of amides is 2. The number of hydrogen-bond donors (Lipinski definition) is 1. The molecule has 0 radical (unpaired) electrons. The molecule has 1 atom stereocenters. The van der Waals surface area contributed by atoms with Crippen molar-refractivity contribution in [2.75, 3.05) is 31.0 Å². The van der Waals surface area contributed by atoms with Gasteiger partial charge in [-0.15, -0.1) is 5.10 Å².